The Morgan fingerprint density at radius 1 is 1.10 bits per heavy atom. The number of piperidine rings is 2. The van der Waals surface area contributed by atoms with Crippen LogP contribution < -0.4 is 5.32 Å². The molecule has 0 radical (unpaired) electrons. The van der Waals surface area contributed by atoms with Crippen LogP contribution >= 0.6 is 0 Å². The van der Waals surface area contributed by atoms with Crippen molar-refractivity contribution in [2.45, 2.75) is 75.6 Å². The number of aliphatic hydroxyl groups excluding tert-OH is 1. The molecule has 0 aromatic carbocycles. The fraction of sp³-hybridized carbons (Fsp3) is 1.00. The topological polar surface area (TPSA) is 69.6 Å². The predicted molar refractivity (Wildman–Crippen MR) is 77.9 cm³/mol. The highest BCUT2D eigenvalue weighted by Crippen LogP contribution is 2.38. The largest absolute Gasteiger partial charge is 0.393 e. The molecule has 3 saturated heterocycles. The van der Waals surface area contributed by atoms with Crippen molar-refractivity contribution in [1.29, 1.82) is 0 Å². The molecule has 2 N–H and O–H groups in total. The number of rotatable bonds is 4. The van der Waals surface area contributed by atoms with Crippen LogP contribution in [0.4, 0.5) is 0 Å². The normalized spacial score (nSPS) is 39.0. The molecular formula is C14H26N2O3S. The summed E-state index contributed by atoms with van der Waals surface area (Å²) in [6.45, 7) is 1.02. The van der Waals surface area contributed by atoms with Gasteiger partial charge in [0.25, 0.3) is 0 Å². The highest BCUT2D eigenvalue weighted by molar-refractivity contribution is 7.89. The lowest BCUT2D eigenvalue weighted by Crippen LogP contribution is -2.49. The summed E-state index contributed by atoms with van der Waals surface area (Å²) in [6, 6.07) is 0.465. The number of nitrogens with one attached hydrogen (secondary N) is 1. The van der Waals surface area contributed by atoms with Gasteiger partial charge in [0.1, 0.15) is 0 Å². The van der Waals surface area contributed by atoms with Crippen molar-refractivity contribution in [2.75, 3.05) is 12.3 Å². The molecule has 3 heterocycles. The molecule has 0 aliphatic carbocycles. The summed E-state index contributed by atoms with van der Waals surface area (Å²) < 4.78 is 27.0. The first-order valence-electron chi connectivity index (χ1n) is 7.99. The molecular weight excluding hydrogens is 276 g/mol. The van der Waals surface area contributed by atoms with E-state index in [2.05, 4.69) is 5.32 Å². The van der Waals surface area contributed by atoms with Gasteiger partial charge in [-0.25, -0.2) is 8.42 Å². The molecule has 20 heavy (non-hydrogen) atoms. The number of aliphatic hydroxyl groups is 1. The summed E-state index contributed by atoms with van der Waals surface area (Å²) in [5, 5.41) is 13.2. The summed E-state index contributed by atoms with van der Waals surface area (Å²) >= 11 is 0. The van der Waals surface area contributed by atoms with Crippen molar-refractivity contribution in [3.8, 4) is 0 Å². The van der Waals surface area contributed by atoms with E-state index in [1.165, 1.54) is 12.8 Å². The average Bonchev–Trinajstić information content (AvgIpc) is 2.72. The van der Waals surface area contributed by atoms with Crippen molar-refractivity contribution in [2.24, 2.45) is 0 Å². The molecule has 0 aromatic heterocycles. The van der Waals surface area contributed by atoms with E-state index in [0.29, 0.717) is 18.9 Å². The molecule has 0 amide bonds. The van der Waals surface area contributed by atoms with E-state index in [9.17, 15) is 13.5 Å². The van der Waals surface area contributed by atoms with Gasteiger partial charge in [0.15, 0.2) is 0 Å². The van der Waals surface area contributed by atoms with Gasteiger partial charge in [0.05, 0.1) is 11.9 Å². The summed E-state index contributed by atoms with van der Waals surface area (Å²) in [5.74, 6) is 0.258. The zero-order valence-electron chi connectivity index (χ0n) is 12.0. The van der Waals surface area contributed by atoms with Gasteiger partial charge in [-0.1, -0.05) is 6.42 Å². The van der Waals surface area contributed by atoms with Crippen molar-refractivity contribution < 1.29 is 13.5 Å². The quantitative estimate of drug-likeness (QED) is 0.807. The average molecular weight is 302 g/mol. The monoisotopic (exact) mass is 302 g/mol. The Kier molecular flexibility index (Phi) is 4.36. The van der Waals surface area contributed by atoms with Crippen molar-refractivity contribution in [3.63, 3.8) is 0 Å². The Morgan fingerprint density at radius 2 is 1.80 bits per heavy atom. The Morgan fingerprint density at radius 3 is 2.40 bits per heavy atom. The van der Waals surface area contributed by atoms with E-state index in [1.54, 1.807) is 4.31 Å². The maximum atomic E-state index is 12.6. The van der Waals surface area contributed by atoms with Crippen LogP contribution in [-0.2, 0) is 10.0 Å². The zero-order chi connectivity index (χ0) is 14.2. The minimum absolute atomic E-state index is 0.0491. The van der Waals surface area contributed by atoms with Gasteiger partial charge in [-0.2, -0.15) is 4.31 Å². The molecule has 3 aliphatic heterocycles. The number of sulfonamides is 1. The molecule has 6 heteroatoms. The third-order valence-electron chi connectivity index (χ3n) is 5.10. The molecule has 0 spiro atoms. The molecule has 0 saturated carbocycles. The fourth-order valence-electron chi connectivity index (χ4n) is 4.13. The van der Waals surface area contributed by atoms with Gasteiger partial charge in [0.2, 0.25) is 10.0 Å². The van der Waals surface area contributed by atoms with Crippen LogP contribution in [-0.4, -0.2) is 54.4 Å². The zero-order valence-corrected chi connectivity index (χ0v) is 12.8. The lowest BCUT2D eigenvalue weighted by molar-refractivity contribution is 0.0768. The second kappa shape index (κ2) is 5.91. The summed E-state index contributed by atoms with van der Waals surface area (Å²) in [6.07, 6.45) is 7.01. The second-order valence-electron chi connectivity index (χ2n) is 6.59. The first kappa shape index (κ1) is 14.8. The van der Waals surface area contributed by atoms with Crippen LogP contribution in [0.5, 0.6) is 0 Å². The van der Waals surface area contributed by atoms with E-state index in [0.717, 1.165) is 32.2 Å². The minimum Gasteiger partial charge on any atom is -0.393 e. The van der Waals surface area contributed by atoms with Gasteiger partial charge in [0, 0.05) is 18.1 Å². The first-order chi connectivity index (χ1) is 9.56. The highest BCUT2D eigenvalue weighted by atomic mass is 32.2. The van der Waals surface area contributed by atoms with Crippen LogP contribution in [0, 0.1) is 0 Å². The van der Waals surface area contributed by atoms with Crippen LogP contribution in [0.15, 0.2) is 0 Å². The van der Waals surface area contributed by atoms with Gasteiger partial charge in [-0.3, -0.25) is 0 Å². The minimum atomic E-state index is -3.16. The molecule has 3 atom stereocenters. The molecule has 116 valence electrons. The molecule has 0 aromatic rings. The lowest BCUT2D eigenvalue weighted by Gasteiger charge is -2.36. The third-order valence-corrected chi connectivity index (χ3v) is 7.09. The number of nitrogens with zero attached hydrogens (tertiary/aromatic N) is 1. The van der Waals surface area contributed by atoms with Gasteiger partial charge in [-0.05, 0) is 51.5 Å². The number of hydrogen-bond acceptors (Lipinski definition) is 4. The Labute approximate surface area is 121 Å². The molecule has 2 bridgehead atoms. The van der Waals surface area contributed by atoms with E-state index in [-0.39, 0.29) is 23.9 Å². The molecule has 3 rings (SSSR count). The van der Waals surface area contributed by atoms with Crippen LogP contribution in [0.25, 0.3) is 0 Å². The van der Waals surface area contributed by atoms with Crippen molar-refractivity contribution in [3.05, 3.63) is 0 Å². The Hall–Kier alpha value is -0.170. The number of fused-ring (bicyclic) bond motifs is 2. The standard InChI is InChI=1S/C14H26N2O3S/c17-14-9-12-4-5-13(10-14)16(12)20(18,19)8-6-11-3-1-2-7-15-11/h11-15,17H,1-10H2. The summed E-state index contributed by atoms with van der Waals surface area (Å²) in [5.41, 5.74) is 0. The van der Waals surface area contributed by atoms with Crippen LogP contribution in [0.3, 0.4) is 0 Å². The fourth-order valence-corrected chi connectivity index (χ4v) is 6.21. The summed E-state index contributed by atoms with van der Waals surface area (Å²) in [4.78, 5) is 0. The van der Waals surface area contributed by atoms with E-state index in [1.807, 2.05) is 0 Å². The Bertz CT molecular complexity index is 420. The highest BCUT2D eigenvalue weighted by Gasteiger charge is 2.46. The molecule has 3 unspecified atom stereocenters. The SMILES string of the molecule is O=S(=O)(CCC1CCCCN1)N1C2CCC1CC(O)C2. The number of hydrogen-bond donors (Lipinski definition) is 2. The van der Waals surface area contributed by atoms with E-state index < -0.39 is 10.0 Å². The van der Waals surface area contributed by atoms with Gasteiger partial charge < -0.3 is 10.4 Å². The molecule has 3 fully saturated rings. The maximum absolute atomic E-state index is 12.6. The second-order valence-corrected chi connectivity index (χ2v) is 8.59. The van der Waals surface area contributed by atoms with Crippen molar-refractivity contribution in [1.82, 2.24) is 9.62 Å². The van der Waals surface area contributed by atoms with Gasteiger partial charge in [-0.15, -0.1) is 0 Å². The van der Waals surface area contributed by atoms with Gasteiger partial charge >= 0.3 is 0 Å². The molecule has 5 nitrogen and oxygen atoms in total. The van der Waals surface area contributed by atoms with Crippen LogP contribution in [0.1, 0.15) is 51.4 Å². The van der Waals surface area contributed by atoms with E-state index in [4.69, 9.17) is 0 Å². The smallest absolute Gasteiger partial charge is 0.214 e. The Balaban J connectivity index is 1.60. The van der Waals surface area contributed by atoms with Crippen molar-refractivity contribution >= 4 is 10.0 Å². The van der Waals surface area contributed by atoms with Crippen LogP contribution in [0.2, 0.25) is 0 Å². The third kappa shape index (κ3) is 3.03. The summed E-state index contributed by atoms with van der Waals surface area (Å²) in [7, 11) is -3.16. The van der Waals surface area contributed by atoms with E-state index >= 15 is 0 Å². The predicted octanol–water partition coefficient (Wildman–Crippen LogP) is 0.836. The maximum Gasteiger partial charge on any atom is 0.214 e. The first-order valence-corrected chi connectivity index (χ1v) is 9.60. The lowest BCUT2D eigenvalue weighted by atomic mass is 10.0. The molecule has 3 aliphatic rings.